The fourth-order valence-electron chi connectivity index (χ4n) is 1.94. The van der Waals surface area contributed by atoms with E-state index >= 15 is 0 Å². The molecule has 2 rings (SSSR count). The van der Waals surface area contributed by atoms with Crippen molar-refractivity contribution in [1.29, 1.82) is 0 Å². The average Bonchev–Trinajstić information content (AvgIpc) is 2.50. The van der Waals surface area contributed by atoms with Crippen LogP contribution >= 0.6 is 0 Å². The molecule has 0 fully saturated rings. The van der Waals surface area contributed by atoms with Crippen LogP contribution in [0.5, 0.6) is 0 Å². The summed E-state index contributed by atoms with van der Waals surface area (Å²) in [5.41, 5.74) is -0.491. The number of benzene rings is 2. The van der Waals surface area contributed by atoms with Crippen LogP contribution in [0.1, 0.15) is 25.0 Å². The zero-order chi connectivity index (χ0) is 16.3. The van der Waals surface area contributed by atoms with Crippen LogP contribution in [-0.2, 0) is 21.6 Å². The van der Waals surface area contributed by atoms with Gasteiger partial charge >= 0.3 is 5.97 Å². The molecule has 0 amide bonds. The first-order valence-electron chi connectivity index (χ1n) is 6.68. The van der Waals surface area contributed by atoms with Gasteiger partial charge in [0.05, 0.1) is 5.41 Å². The lowest BCUT2D eigenvalue weighted by atomic mass is 9.84. The molecule has 0 saturated heterocycles. The van der Waals surface area contributed by atoms with E-state index in [2.05, 4.69) is 0 Å². The van der Waals surface area contributed by atoms with Crippen molar-refractivity contribution in [3.8, 4) is 0 Å². The van der Waals surface area contributed by atoms with Crippen molar-refractivity contribution in [2.75, 3.05) is 0 Å². The highest BCUT2D eigenvalue weighted by atomic mass is 19.2. The van der Waals surface area contributed by atoms with Crippen molar-refractivity contribution < 1.29 is 22.7 Å². The molecule has 0 saturated carbocycles. The number of carbonyl (C=O) groups is 1. The minimum Gasteiger partial charge on any atom is -0.460 e. The van der Waals surface area contributed by atoms with Crippen LogP contribution in [-0.4, -0.2) is 5.97 Å². The molecule has 0 aromatic heterocycles. The SMILES string of the molecule is CC(C)(C(=O)OCc1ccccc1)c1cc(F)c(F)c(F)c1. The van der Waals surface area contributed by atoms with Crippen LogP contribution < -0.4 is 0 Å². The molecule has 0 aliphatic rings. The first-order chi connectivity index (χ1) is 10.3. The summed E-state index contributed by atoms with van der Waals surface area (Å²) in [6.45, 7) is 2.98. The number of esters is 1. The molecular weight excluding hydrogens is 293 g/mol. The van der Waals surface area contributed by atoms with Gasteiger partial charge in [-0.2, -0.15) is 0 Å². The molecule has 5 heteroatoms. The Morgan fingerprint density at radius 3 is 2.14 bits per heavy atom. The number of carbonyl (C=O) groups excluding carboxylic acids is 1. The summed E-state index contributed by atoms with van der Waals surface area (Å²) in [4.78, 5) is 12.2. The molecule has 116 valence electrons. The van der Waals surface area contributed by atoms with Crippen LogP contribution in [0, 0.1) is 17.5 Å². The minimum absolute atomic E-state index is 0.0157. The summed E-state index contributed by atoms with van der Waals surface area (Å²) in [5.74, 6) is -4.88. The van der Waals surface area contributed by atoms with Crippen molar-refractivity contribution in [2.45, 2.75) is 25.9 Å². The van der Waals surface area contributed by atoms with Crippen LogP contribution in [0.25, 0.3) is 0 Å². The first kappa shape index (κ1) is 16.1. The first-order valence-corrected chi connectivity index (χ1v) is 6.68. The lowest BCUT2D eigenvalue weighted by Crippen LogP contribution is -2.31. The third-order valence-electron chi connectivity index (χ3n) is 3.43. The van der Waals surface area contributed by atoms with Crippen molar-refractivity contribution >= 4 is 5.97 Å². The zero-order valence-electron chi connectivity index (χ0n) is 12.2. The van der Waals surface area contributed by atoms with E-state index in [9.17, 15) is 18.0 Å². The molecule has 0 heterocycles. The number of ether oxygens (including phenoxy) is 1. The maximum atomic E-state index is 13.3. The second kappa shape index (κ2) is 6.22. The van der Waals surface area contributed by atoms with Crippen molar-refractivity contribution in [2.24, 2.45) is 0 Å². The molecule has 2 aromatic rings. The summed E-state index contributed by atoms with van der Waals surface area (Å²) < 4.78 is 44.8. The molecule has 0 spiro atoms. The molecule has 0 atom stereocenters. The molecule has 2 nitrogen and oxygen atoms in total. The van der Waals surface area contributed by atoms with Gasteiger partial charge in [-0.1, -0.05) is 30.3 Å². The Balaban J connectivity index is 2.17. The monoisotopic (exact) mass is 308 g/mol. The van der Waals surface area contributed by atoms with E-state index in [-0.39, 0.29) is 12.2 Å². The van der Waals surface area contributed by atoms with E-state index in [0.29, 0.717) is 0 Å². The van der Waals surface area contributed by atoms with E-state index in [1.165, 1.54) is 13.8 Å². The molecule has 2 aromatic carbocycles. The number of rotatable bonds is 4. The van der Waals surface area contributed by atoms with Crippen molar-refractivity contribution in [3.63, 3.8) is 0 Å². The average molecular weight is 308 g/mol. The van der Waals surface area contributed by atoms with Crippen molar-refractivity contribution in [1.82, 2.24) is 0 Å². The lowest BCUT2D eigenvalue weighted by molar-refractivity contribution is -0.150. The van der Waals surface area contributed by atoms with E-state index in [0.717, 1.165) is 17.7 Å². The molecule has 0 bridgehead atoms. The van der Waals surface area contributed by atoms with Gasteiger partial charge in [0, 0.05) is 0 Å². The highest BCUT2D eigenvalue weighted by Crippen LogP contribution is 2.28. The minimum atomic E-state index is -1.56. The second-order valence-electron chi connectivity index (χ2n) is 5.44. The number of hydrogen-bond donors (Lipinski definition) is 0. The van der Waals surface area contributed by atoms with Gasteiger partial charge in [0.25, 0.3) is 0 Å². The molecule has 0 aliphatic carbocycles. The summed E-state index contributed by atoms with van der Waals surface area (Å²) in [6.07, 6.45) is 0. The van der Waals surface area contributed by atoms with Crippen LogP contribution in [0.15, 0.2) is 42.5 Å². The molecule has 22 heavy (non-hydrogen) atoms. The summed E-state index contributed by atoms with van der Waals surface area (Å²) >= 11 is 0. The van der Waals surface area contributed by atoms with Gasteiger partial charge in [-0.3, -0.25) is 4.79 Å². The van der Waals surface area contributed by atoms with Gasteiger partial charge < -0.3 is 4.74 Å². The molecule has 0 radical (unpaired) electrons. The van der Waals surface area contributed by atoms with Crippen LogP contribution in [0.2, 0.25) is 0 Å². The predicted molar refractivity (Wildman–Crippen MR) is 75.6 cm³/mol. The Kier molecular flexibility index (Phi) is 4.54. The highest BCUT2D eigenvalue weighted by molar-refractivity contribution is 5.82. The molecule has 0 N–H and O–H groups in total. The maximum Gasteiger partial charge on any atom is 0.316 e. The number of hydrogen-bond acceptors (Lipinski definition) is 2. The Labute approximate surface area is 126 Å². The quantitative estimate of drug-likeness (QED) is 0.627. The third-order valence-corrected chi connectivity index (χ3v) is 3.43. The Morgan fingerprint density at radius 1 is 1.05 bits per heavy atom. The van der Waals surface area contributed by atoms with Gasteiger partial charge in [0.1, 0.15) is 6.61 Å². The van der Waals surface area contributed by atoms with Crippen LogP contribution in [0.4, 0.5) is 13.2 Å². The predicted octanol–water partition coefficient (Wildman–Crippen LogP) is 4.12. The Morgan fingerprint density at radius 2 is 1.59 bits per heavy atom. The molecule has 0 aliphatic heterocycles. The van der Waals surface area contributed by atoms with E-state index in [1.807, 2.05) is 6.07 Å². The van der Waals surface area contributed by atoms with Gasteiger partial charge in [0.2, 0.25) is 0 Å². The van der Waals surface area contributed by atoms with Gasteiger partial charge in [-0.05, 0) is 37.1 Å². The standard InChI is InChI=1S/C17H15F3O2/c1-17(2,12-8-13(18)15(20)14(19)9-12)16(21)22-10-11-6-4-3-5-7-11/h3-9H,10H2,1-2H3. The summed E-state index contributed by atoms with van der Waals surface area (Å²) in [7, 11) is 0. The van der Waals surface area contributed by atoms with Crippen LogP contribution in [0.3, 0.4) is 0 Å². The fourth-order valence-corrected chi connectivity index (χ4v) is 1.94. The zero-order valence-corrected chi connectivity index (χ0v) is 12.2. The van der Waals surface area contributed by atoms with E-state index in [4.69, 9.17) is 4.74 Å². The Hall–Kier alpha value is -2.30. The molecule has 0 unspecified atom stereocenters. The Bertz CT molecular complexity index is 659. The normalized spacial score (nSPS) is 11.3. The summed E-state index contributed by atoms with van der Waals surface area (Å²) in [6, 6.07) is 10.6. The topological polar surface area (TPSA) is 26.3 Å². The van der Waals surface area contributed by atoms with Gasteiger partial charge in [-0.15, -0.1) is 0 Å². The summed E-state index contributed by atoms with van der Waals surface area (Å²) in [5, 5.41) is 0. The van der Waals surface area contributed by atoms with E-state index in [1.54, 1.807) is 24.3 Å². The largest absolute Gasteiger partial charge is 0.460 e. The lowest BCUT2D eigenvalue weighted by Gasteiger charge is -2.23. The highest BCUT2D eigenvalue weighted by Gasteiger charge is 2.33. The fraction of sp³-hybridized carbons (Fsp3) is 0.235. The smallest absolute Gasteiger partial charge is 0.316 e. The van der Waals surface area contributed by atoms with E-state index < -0.39 is 28.8 Å². The van der Waals surface area contributed by atoms with Gasteiger partial charge in [0.15, 0.2) is 17.5 Å². The molecular formula is C17H15F3O2. The number of halogens is 3. The maximum absolute atomic E-state index is 13.3. The van der Waals surface area contributed by atoms with Gasteiger partial charge in [-0.25, -0.2) is 13.2 Å². The third kappa shape index (κ3) is 3.30. The van der Waals surface area contributed by atoms with Crippen molar-refractivity contribution in [3.05, 3.63) is 71.0 Å². The second-order valence-corrected chi connectivity index (χ2v) is 5.44.